The molecule has 0 saturated carbocycles. The molecule has 0 spiro atoms. The zero-order valence-electron chi connectivity index (χ0n) is 7.98. The summed E-state index contributed by atoms with van der Waals surface area (Å²) in [4.78, 5) is 0. The summed E-state index contributed by atoms with van der Waals surface area (Å²) in [7, 11) is 0. The highest BCUT2D eigenvalue weighted by molar-refractivity contribution is 5.65. The predicted molar refractivity (Wildman–Crippen MR) is 51.7 cm³/mol. The van der Waals surface area contributed by atoms with Crippen LogP contribution in [0, 0.1) is 23.3 Å². The van der Waals surface area contributed by atoms with Crippen LogP contribution in [0.15, 0.2) is 36.4 Å². The zero-order valence-corrected chi connectivity index (χ0v) is 7.98. The summed E-state index contributed by atoms with van der Waals surface area (Å²) in [6.07, 6.45) is 0. The van der Waals surface area contributed by atoms with Gasteiger partial charge in [0.25, 0.3) is 0 Å². The largest absolute Gasteiger partial charge is 0.207 e. The molecule has 0 aromatic heterocycles. The molecule has 2 rings (SSSR count). The fourth-order valence-electron chi connectivity index (χ4n) is 1.46. The van der Waals surface area contributed by atoms with E-state index in [0.717, 1.165) is 6.07 Å². The Balaban J connectivity index is 2.70. The van der Waals surface area contributed by atoms with Gasteiger partial charge < -0.3 is 0 Å². The van der Waals surface area contributed by atoms with Gasteiger partial charge in [0.1, 0.15) is 23.3 Å². The zero-order chi connectivity index (χ0) is 11.7. The van der Waals surface area contributed by atoms with Crippen molar-refractivity contribution in [2.45, 2.75) is 0 Å². The molecule has 0 bridgehead atoms. The van der Waals surface area contributed by atoms with Gasteiger partial charge in [0.15, 0.2) is 0 Å². The Kier molecular flexibility index (Phi) is 2.64. The van der Waals surface area contributed by atoms with Crippen molar-refractivity contribution in [2.24, 2.45) is 0 Å². The lowest BCUT2D eigenvalue weighted by atomic mass is 10.0. The molecular formula is C12H6F4. The Hall–Kier alpha value is -1.84. The summed E-state index contributed by atoms with van der Waals surface area (Å²) in [6, 6.07) is 6.20. The van der Waals surface area contributed by atoms with E-state index in [4.69, 9.17) is 0 Å². The van der Waals surface area contributed by atoms with Gasteiger partial charge in [-0.05, 0) is 6.07 Å². The summed E-state index contributed by atoms with van der Waals surface area (Å²) in [5.41, 5.74) is -0.781. The van der Waals surface area contributed by atoms with Crippen LogP contribution in [0.4, 0.5) is 17.6 Å². The highest BCUT2D eigenvalue weighted by atomic mass is 19.1. The van der Waals surface area contributed by atoms with Crippen molar-refractivity contribution in [3.8, 4) is 11.1 Å². The Morgan fingerprint density at radius 3 is 1.81 bits per heavy atom. The van der Waals surface area contributed by atoms with E-state index >= 15 is 0 Å². The van der Waals surface area contributed by atoms with E-state index in [1.165, 1.54) is 18.2 Å². The molecule has 0 N–H and O–H groups in total. The fraction of sp³-hybridized carbons (Fsp3) is 0. The van der Waals surface area contributed by atoms with Crippen LogP contribution in [0.3, 0.4) is 0 Å². The minimum absolute atomic E-state index is 0.225. The molecule has 0 heterocycles. The predicted octanol–water partition coefficient (Wildman–Crippen LogP) is 3.91. The van der Waals surface area contributed by atoms with Gasteiger partial charge in [0.05, 0.1) is 5.56 Å². The molecule has 82 valence electrons. The second kappa shape index (κ2) is 3.96. The van der Waals surface area contributed by atoms with E-state index in [0.29, 0.717) is 12.1 Å². The van der Waals surface area contributed by atoms with Crippen molar-refractivity contribution >= 4 is 0 Å². The van der Waals surface area contributed by atoms with Gasteiger partial charge in [-0.25, -0.2) is 17.6 Å². The standard InChI is InChI=1S/C12H6F4/c13-7-5-10(15)12(11(16)6-7)8-3-1-2-4-9(8)14/h1-6H. The summed E-state index contributed by atoms with van der Waals surface area (Å²) in [5, 5.41) is 0. The van der Waals surface area contributed by atoms with Gasteiger partial charge >= 0.3 is 0 Å². The summed E-state index contributed by atoms with van der Waals surface area (Å²) in [5.74, 6) is -4.04. The average molecular weight is 226 g/mol. The average Bonchev–Trinajstić information content (AvgIpc) is 2.19. The first-order valence-electron chi connectivity index (χ1n) is 4.49. The number of hydrogen-bond acceptors (Lipinski definition) is 0. The summed E-state index contributed by atoms with van der Waals surface area (Å²) in [6.45, 7) is 0. The molecule has 0 nitrogen and oxygen atoms in total. The lowest BCUT2D eigenvalue weighted by Gasteiger charge is -2.06. The minimum Gasteiger partial charge on any atom is -0.207 e. The molecule has 0 fully saturated rings. The van der Waals surface area contributed by atoms with Crippen LogP contribution >= 0.6 is 0 Å². The molecular weight excluding hydrogens is 220 g/mol. The first-order chi connectivity index (χ1) is 7.59. The highest BCUT2D eigenvalue weighted by Crippen LogP contribution is 2.28. The second-order valence-corrected chi connectivity index (χ2v) is 3.22. The molecule has 2 aromatic rings. The van der Waals surface area contributed by atoms with Gasteiger partial charge in [-0.3, -0.25) is 0 Å². The Bertz CT molecular complexity index is 511. The lowest BCUT2D eigenvalue weighted by molar-refractivity contribution is 0.545. The van der Waals surface area contributed by atoms with Crippen LogP contribution in [-0.2, 0) is 0 Å². The van der Waals surface area contributed by atoms with Gasteiger partial charge in [-0.1, -0.05) is 18.2 Å². The molecule has 0 aliphatic heterocycles. The van der Waals surface area contributed by atoms with Crippen LogP contribution in [0.5, 0.6) is 0 Å². The maximum absolute atomic E-state index is 13.3. The quantitative estimate of drug-likeness (QED) is 0.646. The van der Waals surface area contributed by atoms with Crippen LogP contribution in [0.2, 0.25) is 0 Å². The van der Waals surface area contributed by atoms with Crippen LogP contribution in [-0.4, -0.2) is 0 Å². The van der Waals surface area contributed by atoms with Crippen LogP contribution < -0.4 is 0 Å². The van der Waals surface area contributed by atoms with Crippen molar-refractivity contribution < 1.29 is 17.6 Å². The van der Waals surface area contributed by atoms with E-state index in [1.54, 1.807) is 0 Å². The third kappa shape index (κ3) is 1.78. The van der Waals surface area contributed by atoms with Crippen LogP contribution in [0.1, 0.15) is 0 Å². The maximum Gasteiger partial charge on any atom is 0.136 e. The fourth-order valence-corrected chi connectivity index (χ4v) is 1.46. The second-order valence-electron chi connectivity index (χ2n) is 3.22. The van der Waals surface area contributed by atoms with Crippen molar-refractivity contribution in [2.75, 3.05) is 0 Å². The molecule has 4 heteroatoms. The molecule has 0 radical (unpaired) electrons. The summed E-state index contributed by atoms with van der Waals surface area (Å²) < 4.78 is 52.6. The minimum atomic E-state index is -1.12. The van der Waals surface area contributed by atoms with Crippen molar-refractivity contribution in [1.82, 2.24) is 0 Å². The first-order valence-corrected chi connectivity index (χ1v) is 4.49. The third-order valence-corrected chi connectivity index (χ3v) is 2.15. The Labute approximate surface area is 89.2 Å². The molecule has 0 atom stereocenters. The lowest BCUT2D eigenvalue weighted by Crippen LogP contribution is -1.94. The molecule has 0 aliphatic rings. The van der Waals surface area contributed by atoms with E-state index in [2.05, 4.69) is 0 Å². The SMILES string of the molecule is Fc1cc(F)c(-c2ccccc2F)c(F)c1. The topological polar surface area (TPSA) is 0 Å². The molecule has 0 amide bonds. The van der Waals surface area contributed by atoms with Crippen molar-refractivity contribution in [3.05, 3.63) is 59.7 Å². The van der Waals surface area contributed by atoms with E-state index < -0.39 is 28.8 Å². The first kappa shape index (κ1) is 10.7. The van der Waals surface area contributed by atoms with Crippen molar-refractivity contribution in [1.29, 1.82) is 0 Å². The normalized spacial score (nSPS) is 10.5. The third-order valence-electron chi connectivity index (χ3n) is 2.15. The van der Waals surface area contributed by atoms with Gasteiger partial charge in [0, 0.05) is 17.7 Å². The summed E-state index contributed by atoms with van der Waals surface area (Å²) >= 11 is 0. The molecule has 16 heavy (non-hydrogen) atoms. The number of rotatable bonds is 1. The Morgan fingerprint density at radius 2 is 1.25 bits per heavy atom. The van der Waals surface area contributed by atoms with Gasteiger partial charge in [-0.15, -0.1) is 0 Å². The van der Waals surface area contributed by atoms with E-state index in [9.17, 15) is 17.6 Å². The Morgan fingerprint density at radius 1 is 0.688 bits per heavy atom. The van der Waals surface area contributed by atoms with E-state index in [-0.39, 0.29) is 5.56 Å². The monoisotopic (exact) mass is 226 g/mol. The molecule has 0 saturated heterocycles. The van der Waals surface area contributed by atoms with Crippen molar-refractivity contribution in [3.63, 3.8) is 0 Å². The number of halogens is 4. The molecule has 0 unspecified atom stereocenters. The van der Waals surface area contributed by atoms with Gasteiger partial charge in [-0.2, -0.15) is 0 Å². The smallest absolute Gasteiger partial charge is 0.136 e. The van der Waals surface area contributed by atoms with Gasteiger partial charge in [0.2, 0.25) is 0 Å². The highest BCUT2D eigenvalue weighted by Gasteiger charge is 2.16. The molecule has 2 aromatic carbocycles. The molecule has 0 aliphatic carbocycles. The number of benzene rings is 2. The van der Waals surface area contributed by atoms with Crippen LogP contribution in [0.25, 0.3) is 11.1 Å². The maximum atomic E-state index is 13.3. The number of hydrogen-bond donors (Lipinski definition) is 0. The van der Waals surface area contributed by atoms with E-state index in [1.807, 2.05) is 0 Å².